The third-order valence-corrected chi connectivity index (χ3v) is 1.84. The molecule has 0 aliphatic rings. The fraction of sp³-hybridized carbons (Fsp3) is 0.714. The Hall–Kier alpha value is -1.14. The van der Waals surface area contributed by atoms with Gasteiger partial charge in [0.25, 0.3) is 0 Å². The quantitative estimate of drug-likeness (QED) is 0.451. The van der Waals surface area contributed by atoms with E-state index in [4.69, 9.17) is 11.5 Å². The average Bonchev–Trinajstić information content (AvgIpc) is 2.52. The highest BCUT2D eigenvalue weighted by Gasteiger charge is 2.08. The van der Waals surface area contributed by atoms with Crippen LogP contribution in [-0.2, 0) is 0 Å². The molecule has 0 fully saturated rings. The van der Waals surface area contributed by atoms with Gasteiger partial charge in [-0.1, -0.05) is 6.42 Å². The number of aromatic amines is 2. The molecular weight excluding hydrogens is 170 g/mol. The van der Waals surface area contributed by atoms with E-state index in [-0.39, 0.29) is 11.7 Å². The fourth-order valence-electron chi connectivity index (χ4n) is 1.10. The van der Waals surface area contributed by atoms with Gasteiger partial charge in [-0.15, -0.1) is 0 Å². The second kappa shape index (κ2) is 4.78. The first-order chi connectivity index (χ1) is 6.24. The monoisotopic (exact) mass is 185 g/mol. The zero-order valence-electron chi connectivity index (χ0n) is 7.42. The zero-order chi connectivity index (χ0) is 9.68. The summed E-state index contributed by atoms with van der Waals surface area (Å²) < 4.78 is 0. The van der Waals surface area contributed by atoms with Gasteiger partial charge in [0, 0.05) is 0 Å². The van der Waals surface area contributed by atoms with E-state index in [2.05, 4.69) is 15.2 Å². The van der Waals surface area contributed by atoms with Gasteiger partial charge in [-0.25, -0.2) is 9.89 Å². The van der Waals surface area contributed by atoms with Crippen molar-refractivity contribution in [3.05, 3.63) is 16.3 Å². The Labute approximate surface area is 75.7 Å². The summed E-state index contributed by atoms with van der Waals surface area (Å²) in [6.07, 6.45) is 2.69. The Morgan fingerprint density at radius 1 is 1.46 bits per heavy atom. The molecule has 13 heavy (non-hydrogen) atoms. The van der Waals surface area contributed by atoms with Crippen molar-refractivity contribution in [2.24, 2.45) is 11.5 Å². The molecule has 6 nitrogen and oxygen atoms in total. The van der Waals surface area contributed by atoms with E-state index in [0.29, 0.717) is 12.4 Å². The Bertz CT molecular complexity index is 291. The van der Waals surface area contributed by atoms with Gasteiger partial charge in [0.1, 0.15) is 5.82 Å². The molecule has 1 unspecified atom stereocenters. The Morgan fingerprint density at radius 3 is 2.77 bits per heavy atom. The maximum absolute atomic E-state index is 10.7. The minimum Gasteiger partial charge on any atom is -0.330 e. The summed E-state index contributed by atoms with van der Waals surface area (Å²) in [4.78, 5) is 13.2. The lowest BCUT2D eigenvalue weighted by Gasteiger charge is -2.06. The molecule has 6 N–H and O–H groups in total. The van der Waals surface area contributed by atoms with E-state index >= 15 is 0 Å². The molecule has 1 heterocycles. The SMILES string of the molecule is NCCCCC(N)c1n[nH]c(=O)[nH]1. The molecule has 1 atom stereocenters. The van der Waals surface area contributed by atoms with Crippen molar-refractivity contribution in [3.63, 3.8) is 0 Å². The number of aromatic nitrogens is 3. The van der Waals surface area contributed by atoms with Crippen LogP contribution in [0.15, 0.2) is 4.79 Å². The number of hydrogen-bond donors (Lipinski definition) is 4. The first-order valence-electron chi connectivity index (χ1n) is 4.34. The first-order valence-corrected chi connectivity index (χ1v) is 4.34. The van der Waals surface area contributed by atoms with Crippen molar-refractivity contribution in [2.45, 2.75) is 25.3 Å². The minimum absolute atomic E-state index is 0.203. The highest BCUT2D eigenvalue weighted by molar-refractivity contribution is 4.89. The van der Waals surface area contributed by atoms with Gasteiger partial charge in [0.2, 0.25) is 0 Å². The van der Waals surface area contributed by atoms with Crippen molar-refractivity contribution in [3.8, 4) is 0 Å². The molecule has 74 valence electrons. The number of nitrogens with one attached hydrogen (secondary N) is 2. The molecule has 1 aromatic rings. The summed E-state index contributed by atoms with van der Waals surface area (Å²) in [6.45, 7) is 0.670. The topological polar surface area (TPSA) is 114 Å². The van der Waals surface area contributed by atoms with E-state index in [0.717, 1.165) is 19.3 Å². The van der Waals surface area contributed by atoms with Crippen LogP contribution in [0.5, 0.6) is 0 Å². The molecule has 0 spiro atoms. The third-order valence-electron chi connectivity index (χ3n) is 1.84. The molecule has 0 bridgehead atoms. The van der Waals surface area contributed by atoms with Crippen molar-refractivity contribution >= 4 is 0 Å². The van der Waals surface area contributed by atoms with Gasteiger partial charge < -0.3 is 11.5 Å². The van der Waals surface area contributed by atoms with Crippen LogP contribution in [0.1, 0.15) is 31.1 Å². The van der Waals surface area contributed by atoms with E-state index in [1.807, 2.05) is 0 Å². The molecule has 6 heteroatoms. The van der Waals surface area contributed by atoms with E-state index in [1.54, 1.807) is 0 Å². The lowest BCUT2D eigenvalue weighted by atomic mass is 10.1. The van der Waals surface area contributed by atoms with Crippen LogP contribution in [0, 0.1) is 0 Å². The Balaban J connectivity index is 2.39. The maximum atomic E-state index is 10.7. The van der Waals surface area contributed by atoms with Crippen LogP contribution in [0.2, 0.25) is 0 Å². The number of nitrogens with zero attached hydrogens (tertiary/aromatic N) is 1. The first kappa shape index (κ1) is 9.94. The lowest BCUT2D eigenvalue weighted by molar-refractivity contribution is 0.567. The summed E-state index contributed by atoms with van der Waals surface area (Å²) in [5.74, 6) is 0.516. The summed E-state index contributed by atoms with van der Waals surface area (Å²) in [6, 6.07) is -0.203. The van der Waals surface area contributed by atoms with Gasteiger partial charge in [-0.3, -0.25) is 4.98 Å². The minimum atomic E-state index is -0.315. The molecule has 0 aliphatic carbocycles. The van der Waals surface area contributed by atoms with Crippen molar-refractivity contribution in [1.29, 1.82) is 0 Å². The van der Waals surface area contributed by atoms with Crippen LogP contribution >= 0.6 is 0 Å². The van der Waals surface area contributed by atoms with Crippen molar-refractivity contribution in [2.75, 3.05) is 6.54 Å². The number of hydrogen-bond acceptors (Lipinski definition) is 4. The average molecular weight is 185 g/mol. The van der Waals surface area contributed by atoms with Gasteiger partial charge in [0.05, 0.1) is 6.04 Å². The van der Waals surface area contributed by atoms with E-state index in [1.165, 1.54) is 0 Å². The second-order valence-electron chi connectivity index (χ2n) is 2.95. The summed E-state index contributed by atoms with van der Waals surface area (Å²) in [5.41, 5.74) is 10.8. The fourth-order valence-corrected chi connectivity index (χ4v) is 1.10. The van der Waals surface area contributed by atoms with Crippen LogP contribution in [0.3, 0.4) is 0 Å². The second-order valence-corrected chi connectivity index (χ2v) is 2.95. The molecule has 0 aliphatic heterocycles. The van der Waals surface area contributed by atoms with Gasteiger partial charge in [-0.05, 0) is 19.4 Å². The number of unbranched alkanes of at least 4 members (excludes halogenated alkanes) is 1. The third kappa shape index (κ3) is 3.00. The molecule has 0 aromatic carbocycles. The van der Waals surface area contributed by atoms with Gasteiger partial charge in [-0.2, -0.15) is 5.10 Å². The summed E-state index contributed by atoms with van der Waals surface area (Å²) >= 11 is 0. The predicted molar refractivity (Wildman–Crippen MR) is 49.0 cm³/mol. The normalized spacial score (nSPS) is 13.1. The van der Waals surface area contributed by atoms with Crippen LogP contribution < -0.4 is 17.2 Å². The van der Waals surface area contributed by atoms with E-state index in [9.17, 15) is 4.79 Å². The predicted octanol–water partition coefficient (Wildman–Crippen LogP) is -0.773. The Morgan fingerprint density at radius 2 is 2.23 bits per heavy atom. The van der Waals surface area contributed by atoms with E-state index < -0.39 is 0 Å². The van der Waals surface area contributed by atoms with Crippen LogP contribution in [0.4, 0.5) is 0 Å². The summed E-state index contributed by atoms with van der Waals surface area (Å²) in [5, 5.41) is 6.02. The van der Waals surface area contributed by atoms with Gasteiger partial charge >= 0.3 is 5.69 Å². The Kier molecular flexibility index (Phi) is 3.66. The molecule has 1 aromatic heterocycles. The maximum Gasteiger partial charge on any atom is 0.340 e. The highest BCUT2D eigenvalue weighted by Crippen LogP contribution is 2.09. The number of rotatable bonds is 5. The summed E-state index contributed by atoms with van der Waals surface area (Å²) in [7, 11) is 0. The molecule has 1 rings (SSSR count). The molecular formula is C7H15N5O. The molecule has 0 radical (unpaired) electrons. The lowest BCUT2D eigenvalue weighted by Crippen LogP contribution is -2.13. The van der Waals surface area contributed by atoms with Crippen molar-refractivity contribution in [1.82, 2.24) is 15.2 Å². The zero-order valence-corrected chi connectivity index (χ0v) is 7.42. The molecule has 0 saturated heterocycles. The van der Waals surface area contributed by atoms with Crippen LogP contribution in [-0.4, -0.2) is 21.7 Å². The molecule has 0 saturated carbocycles. The standard InChI is InChI=1S/C7H15N5O/c8-4-2-1-3-5(9)6-10-7(13)12-11-6/h5H,1-4,8-9H2,(H2,10,11,12,13). The molecule has 0 amide bonds. The number of nitrogens with two attached hydrogens (primary N) is 2. The highest BCUT2D eigenvalue weighted by atomic mass is 16.1. The van der Waals surface area contributed by atoms with Crippen LogP contribution in [0.25, 0.3) is 0 Å². The smallest absolute Gasteiger partial charge is 0.330 e. The number of H-pyrrole nitrogens is 2. The van der Waals surface area contributed by atoms with Gasteiger partial charge in [0.15, 0.2) is 0 Å². The van der Waals surface area contributed by atoms with Crippen molar-refractivity contribution < 1.29 is 0 Å². The largest absolute Gasteiger partial charge is 0.340 e.